The second-order valence-electron chi connectivity index (χ2n) is 2.33. The molecule has 3 heteroatoms. The van der Waals surface area contributed by atoms with Crippen LogP contribution in [0.4, 0.5) is 0 Å². The predicted octanol–water partition coefficient (Wildman–Crippen LogP) is 2.09. The molecular weight excluding hydrogens is 144 g/mol. The Morgan fingerprint density at radius 2 is 1.82 bits per heavy atom. The molecule has 0 atom stereocenters. The first-order chi connectivity index (χ1) is 5.13. The summed E-state index contributed by atoms with van der Waals surface area (Å²) in [5.41, 5.74) is 0.131. The molecule has 0 aromatic carbocycles. The maximum absolute atomic E-state index is 10.4. The molecule has 2 N–H and O–H groups in total. The molecule has 0 saturated heterocycles. The fourth-order valence-electron chi connectivity index (χ4n) is 0.866. The van der Waals surface area contributed by atoms with Crippen LogP contribution in [-0.4, -0.2) is 16.2 Å². The minimum atomic E-state index is -1.02. The molecule has 0 aliphatic heterocycles. The van der Waals surface area contributed by atoms with Crippen molar-refractivity contribution in [1.82, 2.24) is 0 Å². The molecule has 0 amide bonds. The molecule has 0 unspecified atom stereocenters. The molecule has 0 fully saturated rings. The third-order valence-electron chi connectivity index (χ3n) is 1.45. The first-order valence-corrected chi connectivity index (χ1v) is 3.77. The van der Waals surface area contributed by atoms with Crippen LogP contribution in [-0.2, 0) is 4.79 Å². The second kappa shape index (κ2) is 4.77. The largest absolute Gasteiger partial charge is 0.512 e. The molecule has 0 aromatic rings. The lowest BCUT2D eigenvalue weighted by molar-refractivity contribution is -0.133. The van der Waals surface area contributed by atoms with Crippen molar-refractivity contribution in [2.75, 3.05) is 0 Å². The third-order valence-corrected chi connectivity index (χ3v) is 1.45. The number of aliphatic carboxylic acids is 1. The minimum absolute atomic E-state index is 0.0162. The summed E-state index contributed by atoms with van der Waals surface area (Å²) in [6, 6.07) is 0. The fraction of sp³-hybridized carbons (Fsp3) is 0.625. The standard InChI is InChI=1S/C8H14O3/c1-3-5-7(9)6(4-2)8(10)11/h9H,3-5H2,1-2H3,(H,10,11)/b7-6-. The van der Waals surface area contributed by atoms with Crippen LogP contribution in [0.2, 0.25) is 0 Å². The molecule has 64 valence electrons. The van der Waals surface area contributed by atoms with Gasteiger partial charge in [0.2, 0.25) is 0 Å². The summed E-state index contributed by atoms with van der Waals surface area (Å²) in [5.74, 6) is -0.999. The second-order valence-corrected chi connectivity index (χ2v) is 2.33. The van der Waals surface area contributed by atoms with E-state index < -0.39 is 5.97 Å². The van der Waals surface area contributed by atoms with Crippen LogP contribution in [0.15, 0.2) is 11.3 Å². The van der Waals surface area contributed by atoms with Crippen molar-refractivity contribution in [3.8, 4) is 0 Å². The molecule has 11 heavy (non-hydrogen) atoms. The Labute approximate surface area is 66.4 Å². The van der Waals surface area contributed by atoms with Crippen molar-refractivity contribution in [2.24, 2.45) is 0 Å². The minimum Gasteiger partial charge on any atom is -0.512 e. The molecule has 0 radical (unpaired) electrons. The zero-order valence-corrected chi connectivity index (χ0v) is 6.92. The average molecular weight is 158 g/mol. The van der Waals surface area contributed by atoms with E-state index in [-0.39, 0.29) is 11.3 Å². The number of rotatable bonds is 4. The van der Waals surface area contributed by atoms with Gasteiger partial charge in [-0.25, -0.2) is 4.79 Å². The van der Waals surface area contributed by atoms with Gasteiger partial charge in [0.1, 0.15) is 5.76 Å². The topological polar surface area (TPSA) is 57.5 Å². The Morgan fingerprint density at radius 3 is 2.09 bits per heavy atom. The average Bonchev–Trinajstić information content (AvgIpc) is 1.88. The Balaban J connectivity index is 4.40. The molecule has 3 nitrogen and oxygen atoms in total. The fourth-order valence-corrected chi connectivity index (χ4v) is 0.866. The summed E-state index contributed by atoms with van der Waals surface area (Å²) < 4.78 is 0. The van der Waals surface area contributed by atoms with E-state index in [0.29, 0.717) is 12.8 Å². The van der Waals surface area contributed by atoms with Crippen molar-refractivity contribution in [1.29, 1.82) is 0 Å². The van der Waals surface area contributed by atoms with Crippen molar-refractivity contribution in [3.63, 3.8) is 0 Å². The van der Waals surface area contributed by atoms with Crippen LogP contribution in [0.5, 0.6) is 0 Å². The molecule has 0 spiro atoms. The van der Waals surface area contributed by atoms with Crippen LogP contribution in [0.25, 0.3) is 0 Å². The van der Waals surface area contributed by atoms with Crippen molar-refractivity contribution >= 4 is 5.97 Å². The van der Waals surface area contributed by atoms with Crippen molar-refractivity contribution < 1.29 is 15.0 Å². The van der Waals surface area contributed by atoms with E-state index in [1.54, 1.807) is 6.92 Å². The van der Waals surface area contributed by atoms with Gasteiger partial charge < -0.3 is 10.2 Å². The van der Waals surface area contributed by atoms with Gasteiger partial charge in [-0.3, -0.25) is 0 Å². The molecule has 0 aromatic heterocycles. The van der Waals surface area contributed by atoms with Crippen LogP contribution < -0.4 is 0 Å². The molecule has 0 bridgehead atoms. The highest BCUT2D eigenvalue weighted by atomic mass is 16.4. The van der Waals surface area contributed by atoms with Gasteiger partial charge in [-0.2, -0.15) is 0 Å². The van der Waals surface area contributed by atoms with E-state index in [0.717, 1.165) is 6.42 Å². The van der Waals surface area contributed by atoms with Crippen LogP contribution >= 0.6 is 0 Å². The number of carboxylic acids is 1. The lowest BCUT2D eigenvalue weighted by atomic mass is 10.1. The SMILES string of the molecule is CCC/C(O)=C(\CC)C(=O)O. The van der Waals surface area contributed by atoms with Crippen LogP contribution in [0.1, 0.15) is 33.1 Å². The summed E-state index contributed by atoms with van der Waals surface area (Å²) in [6.45, 7) is 3.61. The third kappa shape index (κ3) is 3.07. The van der Waals surface area contributed by atoms with Gasteiger partial charge in [-0.1, -0.05) is 13.8 Å². The van der Waals surface area contributed by atoms with Crippen molar-refractivity contribution in [2.45, 2.75) is 33.1 Å². The Bertz CT molecular complexity index is 170. The number of aliphatic hydroxyl groups excluding tert-OH is 1. The lowest BCUT2D eigenvalue weighted by Gasteiger charge is -2.01. The van der Waals surface area contributed by atoms with Gasteiger partial charge in [0, 0.05) is 6.42 Å². The maximum Gasteiger partial charge on any atom is 0.334 e. The molecule has 0 rings (SSSR count). The predicted molar refractivity (Wildman–Crippen MR) is 42.5 cm³/mol. The number of aliphatic hydroxyl groups is 1. The number of carboxylic acid groups (broad SMARTS) is 1. The Hall–Kier alpha value is -0.990. The lowest BCUT2D eigenvalue weighted by Crippen LogP contribution is -2.03. The first kappa shape index (κ1) is 10.0. The van der Waals surface area contributed by atoms with Gasteiger partial charge in [0.15, 0.2) is 0 Å². The van der Waals surface area contributed by atoms with Gasteiger partial charge in [0.05, 0.1) is 5.57 Å². The maximum atomic E-state index is 10.4. The highest BCUT2D eigenvalue weighted by molar-refractivity contribution is 5.86. The quantitative estimate of drug-likeness (QED) is 0.486. The number of carbonyl (C=O) groups is 1. The van der Waals surface area contributed by atoms with Crippen LogP contribution in [0.3, 0.4) is 0 Å². The van der Waals surface area contributed by atoms with Gasteiger partial charge in [0.25, 0.3) is 0 Å². The van der Waals surface area contributed by atoms with Crippen LogP contribution in [0, 0.1) is 0 Å². The summed E-state index contributed by atoms with van der Waals surface area (Å²) in [7, 11) is 0. The van der Waals surface area contributed by atoms with E-state index in [1.807, 2.05) is 6.92 Å². The number of hydrogen-bond donors (Lipinski definition) is 2. The summed E-state index contributed by atoms with van der Waals surface area (Å²) in [6.07, 6.45) is 1.60. The Kier molecular flexibility index (Phi) is 4.34. The highest BCUT2D eigenvalue weighted by Crippen LogP contribution is 2.11. The highest BCUT2D eigenvalue weighted by Gasteiger charge is 2.09. The smallest absolute Gasteiger partial charge is 0.334 e. The van der Waals surface area contributed by atoms with E-state index >= 15 is 0 Å². The normalized spacial score (nSPS) is 12.5. The Morgan fingerprint density at radius 1 is 1.27 bits per heavy atom. The van der Waals surface area contributed by atoms with Gasteiger partial charge in [-0.05, 0) is 12.8 Å². The molecular formula is C8H14O3. The summed E-state index contributed by atoms with van der Waals surface area (Å²) in [5, 5.41) is 17.7. The van der Waals surface area contributed by atoms with E-state index in [2.05, 4.69) is 0 Å². The summed E-state index contributed by atoms with van der Waals surface area (Å²) >= 11 is 0. The molecule has 0 aliphatic rings. The van der Waals surface area contributed by atoms with E-state index in [4.69, 9.17) is 5.11 Å². The molecule has 0 aliphatic carbocycles. The van der Waals surface area contributed by atoms with Gasteiger partial charge >= 0.3 is 5.97 Å². The monoisotopic (exact) mass is 158 g/mol. The first-order valence-electron chi connectivity index (χ1n) is 3.77. The van der Waals surface area contributed by atoms with E-state index in [1.165, 1.54) is 0 Å². The van der Waals surface area contributed by atoms with Crippen molar-refractivity contribution in [3.05, 3.63) is 11.3 Å². The zero-order valence-electron chi connectivity index (χ0n) is 6.92. The summed E-state index contributed by atoms with van der Waals surface area (Å²) in [4.78, 5) is 10.4. The zero-order chi connectivity index (χ0) is 8.85. The molecule has 0 heterocycles. The molecule has 0 saturated carbocycles. The van der Waals surface area contributed by atoms with Gasteiger partial charge in [-0.15, -0.1) is 0 Å². The number of hydrogen-bond acceptors (Lipinski definition) is 2. The van der Waals surface area contributed by atoms with E-state index in [9.17, 15) is 9.90 Å². The number of allylic oxidation sites excluding steroid dienone is 1.